The molecule has 128 valence electrons. The van der Waals surface area contributed by atoms with Crippen LogP contribution in [0.2, 0.25) is 0 Å². The van der Waals surface area contributed by atoms with E-state index in [1.54, 1.807) is 0 Å². The number of ether oxygens (including phenoxy) is 3. The van der Waals surface area contributed by atoms with Crippen molar-refractivity contribution in [3.05, 3.63) is 71.3 Å². The third kappa shape index (κ3) is 5.35. The van der Waals surface area contributed by atoms with Crippen molar-refractivity contribution in [2.45, 2.75) is 12.9 Å². The molecule has 0 bridgehead atoms. The zero-order valence-corrected chi connectivity index (χ0v) is 13.7. The smallest absolute Gasteiger partial charge is 0.408 e. The van der Waals surface area contributed by atoms with E-state index in [-0.39, 0.29) is 19.4 Å². The second kappa shape index (κ2) is 8.88. The van der Waals surface area contributed by atoms with Gasteiger partial charge in [-0.15, -0.1) is 0 Å². The molecular formula is C20H19NO4. The minimum atomic E-state index is -0.486. The Hall–Kier alpha value is -2.81. The summed E-state index contributed by atoms with van der Waals surface area (Å²) in [6, 6.07) is 17.2. The summed E-state index contributed by atoms with van der Waals surface area (Å²) in [6.07, 6.45) is -0.799. The van der Waals surface area contributed by atoms with E-state index in [2.05, 4.69) is 17.2 Å². The van der Waals surface area contributed by atoms with Gasteiger partial charge in [-0.2, -0.15) is 0 Å². The number of rotatable bonds is 4. The number of benzene rings is 2. The Kier molecular flexibility index (Phi) is 6.05. The van der Waals surface area contributed by atoms with E-state index in [4.69, 9.17) is 14.2 Å². The number of hydrogen-bond donors (Lipinski definition) is 1. The first kappa shape index (κ1) is 17.0. The molecule has 1 saturated heterocycles. The summed E-state index contributed by atoms with van der Waals surface area (Å²) >= 11 is 0. The number of hydrogen-bond acceptors (Lipinski definition) is 4. The largest absolute Gasteiger partial charge is 0.445 e. The third-order valence-corrected chi connectivity index (χ3v) is 3.55. The molecule has 25 heavy (non-hydrogen) atoms. The summed E-state index contributed by atoms with van der Waals surface area (Å²) in [6.45, 7) is 1.67. The minimum Gasteiger partial charge on any atom is -0.445 e. The minimum absolute atomic E-state index is 0.217. The van der Waals surface area contributed by atoms with Crippen LogP contribution in [-0.2, 0) is 20.8 Å². The summed E-state index contributed by atoms with van der Waals surface area (Å²) in [5.41, 5.74) is 2.73. The van der Waals surface area contributed by atoms with Gasteiger partial charge in [0.15, 0.2) is 6.29 Å². The fraction of sp³-hybridized carbons (Fsp3) is 0.250. The molecule has 2 aromatic carbocycles. The molecule has 1 N–H and O–H groups in total. The first-order valence-electron chi connectivity index (χ1n) is 8.08. The van der Waals surface area contributed by atoms with Gasteiger partial charge in [-0.25, -0.2) is 4.79 Å². The zero-order chi connectivity index (χ0) is 17.3. The van der Waals surface area contributed by atoms with E-state index in [1.807, 2.05) is 54.6 Å². The van der Waals surface area contributed by atoms with Crippen molar-refractivity contribution in [1.82, 2.24) is 5.32 Å². The standard InChI is InChI=1S/C20H19NO4/c22-20(25-15-17-6-2-1-3-7-17)21-11-5-9-16-8-4-10-18(14-16)19-23-12-13-24-19/h1-4,6-8,10,14,19H,11-13,15H2,(H,21,22). The Bertz CT molecular complexity index is 758. The fourth-order valence-electron chi connectivity index (χ4n) is 2.35. The van der Waals surface area contributed by atoms with Crippen molar-refractivity contribution < 1.29 is 19.0 Å². The molecule has 2 aromatic rings. The van der Waals surface area contributed by atoms with Crippen LogP contribution in [0.25, 0.3) is 0 Å². The van der Waals surface area contributed by atoms with Crippen LogP contribution < -0.4 is 5.32 Å². The van der Waals surface area contributed by atoms with Crippen molar-refractivity contribution >= 4 is 6.09 Å². The van der Waals surface area contributed by atoms with Crippen molar-refractivity contribution in [2.75, 3.05) is 19.8 Å². The predicted octanol–water partition coefficient (Wildman–Crippen LogP) is 3.01. The maximum atomic E-state index is 11.6. The number of alkyl carbamates (subject to hydrolysis) is 1. The molecule has 0 unspecified atom stereocenters. The highest BCUT2D eigenvalue weighted by Crippen LogP contribution is 2.23. The average Bonchev–Trinajstić information content (AvgIpc) is 3.19. The number of carbonyl (C=O) groups excluding carboxylic acids is 1. The van der Waals surface area contributed by atoms with E-state index in [0.717, 1.165) is 16.7 Å². The lowest BCUT2D eigenvalue weighted by Gasteiger charge is -2.08. The summed E-state index contributed by atoms with van der Waals surface area (Å²) in [7, 11) is 0. The SMILES string of the molecule is O=C(NCC#Cc1cccc(C2OCCO2)c1)OCc1ccccc1. The topological polar surface area (TPSA) is 56.8 Å². The lowest BCUT2D eigenvalue weighted by Crippen LogP contribution is -2.24. The molecule has 0 spiro atoms. The molecule has 1 fully saturated rings. The normalized spacial score (nSPS) is 13.8. The van der Waals surface area contributed by atoms with E-state index >= 15 is 0 Å². The van der Waals surface area contributed by atoms with Gasteiger partial charge in [-0.1, -0.05) is 54.3 Å². The zero-order valence-electron chi connectivity index (χ0n) is 13.7. The van der Waals surface area contributed by atoms with Crippen molar-refractivity contribution in [3.63, 3.8) is 0 Å². The predicted molar refractivity (Wildman–Crippen MR) is 92.6 cm³/mol. The molecule has 0 aromatic heterocycles. The van der Waals surface area contributed by atoms with E-state index in [1.165, 1.54) is 0 Å². The molecule has 1 aliphatic heterocycles. The van der Waals surface area contributed by atoms with Crippen LogP contribution in [0.5, 0.6) is 0 Å². The Morgan fingerprint density at radius 1 is 1.12 bits per heavy atom. The molecule has 0 radical (unpaired) electrons. The van der Waals surface area contributed by atoms with Crippen LogP contribution in [0.4, 0.5) is 4.79 Å². The molecular weight excluding hydrogens is 318 g/mol. The first-order valence-corrected chi connectivity index (χ1v) is 8.08. The summed E-state index contributed by atoms with van der Waals surface area (Å²) in [4.78, 5) is 11.6. The Labute approximate surface area is 146 Å². The van der Waals surface area contributed by atoms with Gasteiger partial charge < -0.3 is 19.5 Å². The van der Waals surface area contributed by atoms with Crippen molar-refractivity contribution in [1.29, 1.82) is 0 Å². The quantitative estimate of drug-likeness (QED) is 0.872. The Morgan fingerprint density at radius 2 is 1.92 bits per heavy atom. The van der Waals surface area contributed by atoms with Crippen LogP contribution in [-0.4, -0.2) is 25.9 Å². The second-order valence-electron chi connectivity index (χ2n) is 5.42. The number of carbonyl (C=O) groups is 1. The summed E-state index contributed by atoms with van der Waals surface area (Å²) in [5.74, 6) is 5.91. The molecule has 1 amide bonds. The molecule has 1 heterocycles. The van der Waals surface area contributed by atoms with Crippen molar-refractivity contribution in [3.8, 4) is 11.8 Å². The van der Waals surface area contributed by atoms with Gasteiger partial charge in [0.05, 0.1) is 19.8 Å². The van der Waals surface area contributed by atoms with Gasteiger partial charge in [0, 0.05) is 11.1 Å². The highest BCUT2D eigenvalue weighted by molar-refractivity contribution is 5.67. The van der Waals surface area contributed by atoms with Crippen LogP contribution >= 0.6 is 0 Å². The summed E-state index contributed by atoms with van der Waals surface area (Å²) in [5, 5.41) is 2.61. The van der Waals surface area contributed by atoms with Crippen LogP contribution in [0.3, 0.4) is 0 Å². The highest BCUT2D eigenvalue weighted by atomic mass is 16.7. The molecule has 0 saturated carbocycles. The molecule has 0 aliphatic carbocycles. The lowest BCUT2D eigenvalue weighted by atomic mass is 10.1. The molecule has 3 rings (SSSR count). The Balaban J connectivity index is 1.44. The van der Waals surface area contributed by atoms with Gasteiger partial charge in [0.1, 0.15) is 6.61 Å². The maximum absolute atomic E-state index is 11.6. The Morgan fingerprint density at radius 3 is 2.72 bits per heavy atom. The molecule has 5 nitrogen and oxygen atoms in total. The molecule has 0 atom stereocenters. The average molecular weight is 337 g/mol. The molecule has 1 aliphatic rings. The lowest BCUT2D eigenvalue weighted by molar-refractivity contribution is -0.0441. The van der Waals surface area contributed by atoms with Crippen LogP contribution in [0.1, 0.15) is 23.0 Å². The second-order valence-corrected chi connectivity index (χ2v) is 5.42. The number of nitrogens with one attached hydrogen (secondary N) is 1. The van der Waals surface area contributed by atoms with Gasteiger partial charge in [0.25, 0.3) is 0 Å². The van der Waals surface area contributed by atoms with Gasteiger partial charge >= 0.3 is 6.09 Å². The summed E-state index contributed by atoms with van der Waals surface area (Å²) < 4.78 is 16.1. The number of amides is 1. The van der Waals surface area contributed by atoms with E-state index in [9.17, 15) is 4.79 Å². The van der Waals surface area contributed by atoms with Crippen molar-refractivity contribution in [2.24, 2.45) is 0 Å². The fourth-order valence-corrected chi connectivity index (χ4v) is 2.35. The first-order chi connectivity index (χ1) is 12.3. The molecule has 5 heteroatoms. The third-order valence-electron chi connectivity index (χ3n) is 3.55. The highest BCUT2D eigenvalue weighted by Gasteiger charge is 2.17. The van der Waals surface area contributed by atoms with Crippen LogP contribution in [0.15, 0.2) is 54.6 Å². The van der Waals surface area contributed by atoms with Gasteiger partial charge in [0.2, 0.25) is 0 Å². The van der Waals surface area contributed by atoms with Gasteiger partial charge in [-0.05, 0) is 17.7 Å². The monoisotopic (exact) mass is 337 g/mol. The van der Waals surface area contributed by atoms with E-state index < -0.39 is 6.09 Å². The van der Waals surface area contributed by atoms with E-state index in [0.29, 0.717) is 13.2 Å². The maximum Gasteiger partial charge on any atom is 0.408 e. The van der Waals surface area contributed by atoms with Gasteiger partial charge in [-0.3, -0.25) is 0 Å². The van der Waals surface area contributed by atoms with Crippen LogP contribution in [0, 0.1) is 11.8 Å².